The second-order valence-corrected chi connectivity index (χ2v) is 13.6. The Morgan fingerprint density at radius 2 is 1.73 bits per heavy atom. The molecule has 3 aliphatic carbocycles. The minimum absolute atomic E-state index is 0.0111. The Morgan fingerprint density at radius 3 is 2.42 bits per heavy atom. The van der Waals surface area contributed by atoms with E-state index in [1.807, 2.05) is 18.3 Å². The van der Waals surface area contributed by atoms with Gasteiger partial charge in [-0.3, -0.25) is 4.79 Å². The van der Waals surface area contributed by atoms with E-state index in [2.05, 4.69) is 27.8 Å². The standard InChI is InChI=1S/C34H40N6O4S/c1-43-29-14-13-27(39-28(29)18-35)21-5-3-20(4-6-21)17-26-25(30-19-37-33(45-30)23-7-8-23)15-16-36-31(26)40-32(41)22-9-11-24(12-10-22)38-34(42)44-2/h13-16,19-24H,3-12,17H2,1-2H3,(H,38,42)(H,36,40,41). The van der Waals surface area contributed by atoms with Crippen LogP contribution < -0.4 is 15.4 Å². The van der Waals surface area contributed by atoms with Crippen molar-refractivity contribution in [2.75, 3.05) is 19.5 Å². The lowest BCUT2D eigenvalue weighted by molar-refractivity contribution is -0.120. The molecular weight excluding hydrogens is 588 g/mol. The van der Waals surface area contributed by atoms with Crippen molar-refractivity contribution in [2.24, 2.45) is 11.8 Å². The van der Waals surface area contributed by atoms with Crippen LogP contribution in [0.2, 0.25) is 0 Å². The number of thiazole rings is 1. The van der Waals surface area contributed by atoms with E-state index >= 15 is 0 Å². The number of hydrogen-bond donors (Lipinski definition) is 2. The lowest BCUT2D eigenvalue weighted by Gasteiger charge is -2.30. The first kappa shape index (κ1) is 31.0. The van der Waals surface area contributed by atoms with Crippen molar-refractivity contribution in [1.29, 1.82) is 5.26 Å². The third-order valence-electron chi connectivity index (χ3n) is 9.58. The van der Waals surface area contributed by atoms with Crippen molar-refractivity contribution in [3.8, 4) is 22.3 Å². The van der Waals surface area contributed by atoms with Crippen molar-refractivity contribution in [1.82, 2.24) is 20.3 Å². The summed E-state index contributed by atoms with van der Waals surface area (Å²) in [5.74, 6) is 2.33. The monoisotopic (exact) mass is 628 g/mol. The van der Waals surface area contributed by atoms with Gasteiger partial charge >= 0.3 is 6.09 Å². The molecule has 2 N–H and O–H groups in total. The van der Waals surface area contributed by atoms with Crippen molar-refractivity contribution in [3.05, 3.63) is 52.6 Å². The fraction of sp³-hybridized carbons (Fsp3) is 0.529. The molecule has 3 aliphatic rings. The van der Waals surface area contributed by atoms with Gasteiger partial charge in [0, 0.05) is 53.0 Å². The van der Waals surface area contributed by atoms with E-state index in [0.717, 1.165) is 66.6 Å². The average Bonchev–Trinajstić information content (AvgIpc) is 3.81. The SMILES string of the molecule is COC(=O)NC1CCC(C(=O)Nc2nccc(-c3cnc(C4CC4)s3)c2CC2CCC(c3ccc(OC)c(C#N)n3)CC2)CC1. The molecule has 0 atom stereocenters. The van der Waals surface area contributed by atoms with Crippen molar-refractivity contribution in [3.63, 3.8) is 0 Å². The lowest BCUT2D eigenvalue weighted by Crippen LogP contribution is -2.39. The molecule has 0 spiro atoms. The van der Waals surface area contributed by atoms with Crippen LogP contribution in [-0.4, -0.2) is 47.2 Å². The first-order valence-corrected chi connectivity index (χ1v) is 16.8. The van der Waals surface area contributed by atoms with Gasteiger partial charge < -0.3 is 20.1 Å². The molecule has 3 fully saturated rings. The van der Waals surface area contributed by atoms with Gasteiger partial charge in [0.05, 0.1) is 24.1 Å². The fourth-order valence-corrected chi connectivity index (χ4v) is 7.94. The van der Waals surface area contributed by atoms with Gasteiger partial charge in [0.25, 0.3) is 0 Å². The minimum atomic E-state index is -0.428. The molecule has 0 unspecified atom stereocenters. The van der Waals surface area contributed by atoms with E-state index in [0.29, 0.717) is 47.9 Å². The molecule has 0 aromatic carbocycles. The zero-order valence-corrected chi connectivity index (χ0v) is 26.7. The van der Waals surface area contributed by atoms with Gasteiger partial charge in [0.2, 0.25) is 5.91 Å². The molecule has 3 aromatic rings. The molecule has 0 radical (unpaired) electrons. The number of pyridine rings is 2. The van der Waals surface area contributed by atoms with Crippen LogP contribution in [0.5, 0.6) is 5.75 Å². The van der Waals surface area contributed by atoms with Crippen LogP contribution in [0.3, 0.4) is 0 Å². The minimum Gasteiger partial charge on any atom is -0.494 e. The number of rotatable bonds is 9. The molecule has 0 aliphatic heterocycles. The Hall–Kier alpha value is -4.04. The van der Waals surface area contributed by atoms with Crippen molar-refractivity contribution in [2.45, 2.75) is 88.5 Å². The summed E-state index contributed by atoms with van der Waals surface area (Å²) in [6.07, 6.45) is 13.5. The van der Waals surface area contributed by atoms with E-state index in [9.17, 15) is 14.9 Å². The number of methoxy groups -OCH3 is 2. The van der Waals surface area contributed by atoms with Gasteiger partial charge in [-0.2, -0.15) is 5.26 Å². The van der Waals surface area contributed by atoms with Crippen molar-refractivity contribution >= 4 is 29.2 Å². The fourth-order valence-electron chi connectivity index (χ4n) is 6.80. The van der Waals surface area contributed by atoms with E-state index in [4.69, 9.17) is 19.4 Å². The van der Waals surface area contributed by atoms with Gasteiger partial charge in [-0.05, 0) is 94.7 Å². The number of nitrogens with one attached hydrogen (secondary N) is 2. The summed E-state index contributed by atoms with van der Waals surface area (Å²) in [4.78, 5) is 40.3. The number of alkyl carbamates (subject to hydrolysis) is 1. The molecule has 236 valence electrons. The molecule has 45 heavy (non-hydrogen) atoms. The Balaban J connectivity index is 1.17. The number of aromatic nitrogens is 3. The summed E-state index contributed by atoms with van der Waals surface area (Å²) in [5, 5.41) is 16.8. The number of nitrogens with zero attached hydrogens (tertiary/aromatic N) is 4. The molecule has 0 saturated heterocycles. The zero-order valence-electron chi connectivity index (χ0n) is 25.9. The molecule has 3 aromatic heterocycles. The molecule has 2 amide bonds. The van der Waals surface area contributed by atoms with E-state index in [-0.39, 0.29) is 17.9 Å². The smallest absolute Gasteiger partial charge is 0.407 e. The molecule has 3 heterocycles. The number of hydrogen-bond acceptors (Lipinski definition) is 9. The first-order chi connectivity index (χ1) is 21.9. The first-order valence-electron chi connectivity index (χ1n) is 16.0. The van der Waals surface area contributed by atoms with Crippen LogP contribution in [0.15, 0.2) is 30.6 Å². The highest BCUT2D eigenvalue weighted by molar-refractivity contribution is 7.15. The molecule has 6 rings (SSSR count). The topological polar surface area (TPSA) is 139 Å². The predicted octanol–water partition coefficient (Wildman–Crippen LogP) is 6.73. The summed E-state index contributed by atoms with van der Waals surface area (Å²) >= 11 is 1.76. The largest absolute Gasteiger partial charge is 0.494 e. The van der Waals surface area contributed by atoms with E-state index < -0.39 is 6.09 Å². The second kappa shape index (κ2) is 13.9. The summed E-state index contributed by atoms with van der Waals surface area (Å²) < 4.78 is 10.0. The van der Waals surface area contributed by atoms with Gasteiger partial charge in [-0.15, -0.1) is 11.3 Å². The molecule has 0 bridgehead atoms. The highest BCUT2D eigenvalue weighted by Gasteiger charge is 2.31. The summed E-state index contributed by atoms with van der Waals surface area (Å²) in [6.45, 7) is 0. The van der Waals surface area contributed by atoms with Gasteiger partial charge in [0.1, 0.15) is 11.9 Å². The predicted molar refractivity (Wildman–Crippen MR) is 171 cm³/mol. The maximum Gasteiger partial charge on any atom is 0.407 e. The van der Waals surface area contributed by atoms with E-state index in [1.165, 1.54) is 25.0 Å². The maximum atomic E-state index is 13.5. The number of carbonyl (C=O) groups excluding carboxylic acids is 2. The Kier molecular flexibility index (Phi) is 9.59. The Bertz CT molecular complexity index is 1560. The Morgan fingerprint density at radius 1 is 0.978 bits per heavy atom. The van der Waals surface area contributed by atoms with Gasteiger partial charge in [-0.1, -0.05) is 0 Å². The highest BCUT2D eigenvalue weighted by atomic mass is 32.1. The van der Waals surface area contributed by atoms with Gasteiger partial charge in [0.15, 0.2) is 11.4 Å². The number of nitriles is 1. The number of amides is 2. The number of ether oxygens (including phenoxy) is 2. The second-order valence-electron chi connectivity index (χ2n) is 12.5. The quantitative estimate of drug-likeness (QED) is 0.266. The molecular formula is C34H40N6O4S. The van der Waals surface area contributed by atoms with Crippen LogP contribution in [-0.2, 0) is 16.0 Å². The third-order valence-corrected chi connectivity index (χ3v) is 10.8. The van der Waals surface area contributed by atoms with Gasteiger partial charge in [-0.25, -0.2) is 19.7 Å². The zero-order chi connectivity index (χ0) is 31.3. The van der Waals surface area contributed by atoms with E-state index in [1.54, 1.807) is 24.6 Å². The normalized spacial score (nSPS) is 23.0. The maximum absolute atomic E-state index is 13.5. The molecule has 3 saturated carbocycles. The van der Waals surface area contributed by atoms with Crippen LogP contribution >= 0.6 is 11.3 Å². The summed E-state index contributed by atoms with van der Waals surface area (Å²) in [5.41, 5.74) is 3.47. The average molecular weight is 629 g/mol. The summed E-state index contributed by atoms with van der Waals surface area (Å²) in [6, 6.07) is 8.08. The van der Waals surface area contributed by atoms with Crippen molar-refractivity contribution < 1.29 is 19.1 Å². The Labute approximate surface area is 268 Å². The molecule has 10 nitrogen and oxygen atoms in total. The molecule has 11 heteroatoms. The number of anilines is 1. The van der Waals surface area contributed by atoms with Crippen LogP contribution in [0, 0.1) is 23.2 Å². The van der Waals surface area contributed by atoms with Crippen LogP contribution in [0.4, 0.5) is 10.6 Å². The van der Waals surface area contributed by atoms with Crippen LogP contribution in [0.1, 0.15) is 98.0 Å². The highest BCUT2D eigenvalue weighted by Crippen LogP contribution is 2.45. The summed E-state index contributed by atoms with van der Waals surface area (Å²) in [7, 11) is 2.92. The third kappa shape index (κ3) is 7.28. The lowest BCUT2D eigenvalue weighted by atomic mass is 9.77. The number of carbonyl (C=O) groups is 2. The van der Waals surface area contributed by atoms with Crippen LogP contribution in [0.25, 0.3) is 10.4 Å².